The lowest BCUT2D eigenvalue weighted by Gasteiger charge is -2.14. The topological polar surface area (TPSA) is 73.9 Å². The number of hydrogen-bond donors (Lipinski definition) is 1. The molecule has 0 aliphatic carbocycles. The average Bonchev–Trinajstić information content (AvgIpc) is 2.70. The summed E-state index contributed by atoms with van der Waals surface area (Å²) in [6.45, 7) is 0.210. The summed E-state index contributed by atoms with van der Waals surface area (Å²) in [7, 11) is 0. The lowest BCUT2D eigenvalue weighted by atomic mass is 10.3. The Kier molecular flexibility index (Phi) is 6.62. The zero-order valence-corrected chi connectivity index (χ0v) is 15.7. The van der Waals surface area contributed by atoms with Crippen LogP contribution in [0.1, 0.15) is 0 Å². The first-order chi connectivity index (χ1) is 13.1. The third kappa shape index (κ3) is 5.67. The molecular weight excluding hydrogens is 390 g/mol. The van der Waals surface area contributed by atoms with Crippen LogP contribution in [0, 0.1) is 0 Å². The summed E-state index contributed by atoms with van der Waals surface area (Å²) in [5.74, 6) is -1.24. The highest BCUT2D eigenvalue weighted by molar-refractivity contribution is 7.99. The molecule has 0 spiro atoms. The fraction of sp³-hybridized carbons (Fsp3) is 0.158. The van der Waals surface area contributed by atoms with Crippen LogP contribution in [0.15, 0.2) is 70.3 Å². The van der Waals surface area contributed by atoms with Gasteiger partial charge >= 0.3 is 5.97 Å². The van der Waals surface area contributed by atoms with E-state index in [-0.39, 0.29) is 12.4 Å². The minimum atomic E-state index is -0.742. The van der Waals surface area contributed by atoms with Crippen LogP contribution in [0.3, 0.4) is 0 Å². The van der Waals surface area contributed by atoms with Crippen LogP contribution in [-0.4, -0.2) is 31.7 Å². The van der Waals surface area contributed by atoms with Crippen molar-refractivity contribution < 1.29 is 23.8 Å². The SMILES string of the molecule is O=C(COC(=O)C1=COCCO1)Nc1ccccc1Sc1ccc(Cl)cc1. The molecule has 0 radical (unpaired) electrons. The molecule has 27 heavy (non-hydrogen) atoms. The Morgan fingerprint density at radius 1 is 1.11 bits per heavy atom. The smallest absolute Gasteiger partial charge is 0.377 e. The lowest BCUT2D eigenvalue weighted by Crippen LogP contribution is -2.24. The number of nitrogens with one attached hydrogen (secondary N) is 1. The number of carbonyl (C=O) groups is 2. The molecule has 1 aliphatic heterocycles. The Hall–Kier alpha value is -2.64. The molecule has 6 nitrogen and oxygen atoms in total. The second kappa shape index (κ2) is 9.34. The van der Waals surface area contributed by atoms with E-state index in [2.05, 4.69) is 5.32 Å². The molecule has 0 atom stereocenters. The van der Waals surface area contributed by atoms with Gasteiger partial charge in [0.2, 0.25) is 5.76 Å². The second-order valence-electron chi connectivity index (χ2n) is 5.38. The number of para-hydroxylation sites is 1. The van der Waals surface area contributed by atoms with Gasteiger partial charge in [0.05, 0.1) is 5.69 Å². The molecule has 2 aromatic carbocycles. The molecule has 1 heterocycles. The Morgan fingerprint density at radius 2 is 1.89 bits per heavy atom. The third-order valence-electron chi connectivity index (χ3n) is 3.39. The van der Waals surface area contributed by atoms with Gasteiger partial charge in [-0.3, -0.25) is 4.79 Å². The van der Waals surface area contributed by atoms with E-state index >= 15 is 0 Å². The minimum absolute atomic E-state index is 0.0484. The normalized spacial score (nSPS) is 13.0. The van der Waals surface area contributed by atoms with Gasteiger partial charge in [0.15, 0.2) is 6.61 Å². The van der Waals surface area contributed by atoms with Crippen LogP contribution in [0.2, 0.25) is 5.02 Å². The number of anilines is 1. The van der Waals surface area contributed by atoms with Crippen molar-refractivity contribution in [2.24, 2.45) is 0 Å². The summed E-state index contributed by atoms with van der Waals surface area (Å²) >= 11 is 7.39. The van der Waals surface area contributed by atoms with Crippen LogP contribution in [-0.2, 0) is 23.8 Å². The molecule has 0 aromatic heterocycles. The van der Waals surface area contributed by atoms with E-state index in [0.29, 0.717) is 17.3 Å². The highest BCUT2D eigenvalue weighted by Gasteiger charge is 2.18. The van der Waals surface area contributed by atoms with Crippen LogP contribution >= 0.6 is 23.4 Å². The number of benzene rings is 2. The van der Waals surface area contributed by atoms with Gasteiger partial charge in [0.25, 0.3) is 5.91 Å². The number of carbonyl (C=O) groups excluding carboxylic acids is 2. The molecule has 0 saturated heterocycles. The summed E-state index contributed by atoms with van der Waals surface area (Å²) in [6, 6.07) is 14.7. The average molecular weight is 406 g/mol. The van der Waals surface area contributed by atoms with Crippen molar-refractivity contribution >= 4 is 40.9 Å². The van der Waals surface area contributed by atoms with Gasteiger partial charge in [-0.05, 0) is 36.4 Å². The zero-order valence-electron chi connectivity index (χ0n) is 14.1. The Bertz CT molecular complexity index is 853. The zero-order chi connectivity index (χ0) is 19.1. The number of ether oxygens (including phenoxy) is 3. The molecule has 3 rings (SSSR count). The second-order valence-corrected chi connectivity index (χ2v) is 6.93. The fourth-order valence-electron chi connectivity index (χ4n) is 2.15. The predicted molar refractivity (Wildman–Crippen MR) is 102 cm³/mol. The van der Waals surface area contributed by atoms with Gasteiger partial charge in [-0.25, -0.2) is 4.79 Å². The number of amides is 1. The van der Waals surface area contributed by atoms with E-state index < -0.39 is 18.5 Å². The number of halogens is 1. The van der Waals surface area contributed by atoms with Crippen molar-refractivity contribution in [3.8, 4) is 0 Å². The summed E-state index contributed by atoms with van der Waals surface area (Å²) in [4.78, 5) is 25.8. The maximum atomic E-state index is 12.1. The van der Waals surface area contributed by atoms with E-state index in [4.69, 9.17) is 25.8 Å². The Morgan fingerprint density at radius 3 is 2.63 bits per heavy atom. The van der Waals surface area contributed by atoms with Crippen molar-refractivity contribution in [2.45, 2.75) is 9.79 Å². The molecule has 1 aliphatic rings. The molecule has 1 amide bonds. The first-order valence-electron chi connectivity index (χ1n) is 8.06. The number of rotatable bonds is 6. The van der Waals surface area contributed by atoms with Crippen LogP contribution in [0.5, 0.6) is 0 Å². The third-order valence-corrected chi connectivity index (χ3v) is 4.72. The Balaban J connectivity index is 1.58. The summed E-state index contributed by atoms with van der Waals surface area (Å²) in [6.07, 6.45) is 1.18. The molecule has 140 valence electrons. The van der Waals surface area contributed by atoms with Crippen molar-refractivity contribution in [3.05, 3.63) is 65.6 Å². The van der Waals surface area contributed by atoms with E-state index in [1.54, 1.807) is 18.2 Å². The fourth-order valence-corrected chi connectivity index (χ4v) is 3.18. The Labute approximate surface area is 165 Å². The van der Waals surface area contributed by atoms with Crippen molar-refractivity contribution in [1.29, 1.82) is 0 Å². The van der Waals surface area contributed by atoms with Crippen LogP contribution < -0.4 is 5.32 Å². The van der Waals surface area contributed by atoms with E-state index in [1.807, 2.05) is 30.3 Å². The maximum absolute atomic E-state index is 12.1. The number of esters is 1. The van der Waals surface area contributed by atoms with Crippen molar-refractivity contribution in [3.63, 3.8) is 0 Å². The summed E-state index contributed by atoms with van der Waals surface area (Å²) in [5, 5.41) is 3.40. The first kappa shape index (κ1) is 19.1. The van der Waals surface area contributed by atoms with E-state index in [9.17, 15) is 9.59 Å². The lowest BCUT2D eigenvalue weighted by molar-refractivity contribution is -0.148. The highest BCUT2D eigenvalue weighted by atomic mass is 35.5. The van der Waals surface area contributed by atoms with Gasteiger partial charge < -0.3 is 19.5 Å². The van der Waals surface area contributed by atoms with Crippen LogP contribution in [0.25, 0.3) is 0 Å². The summed E-state index contributed by atoms with van der Waals surface area (Å²) < 4.78 is 15.0. The van der Waals surface area contributed by atoms with Crippen LogP contribution in [0.4, 0.5) is 5.69 Å². The molecular formula is C19H16ClNO5S. The molecule has 2 aromatic rings. The van der Waals surface area contributed by atoms with Gasteiger partial charge in [-0.1, -0.05) is 35.5 Å². The minimum Gasteiger partial charge on any atom is -0.493 e. The highest BCUT2D eigenvalue weighted by Crippen LogP contribution is 2.33. The van der Waals surface area contributed by atoms with Crippen molar-refractivity contribution in [1.82, 2.24) is 0 Å². The van der Waals surface area contributed by atoms with Gasteiger partial charge in [-0.2, -0.15) is 0 Å². The molecule has 8 heteroatoms. The van der Waals surface area contributed by atoms with Gasteiger partial charge in [-0.15, -0.1) is 0 Å². The van der Waals surface area contributed by atoms with Gasteiger partial charge in [0.1, 0.15) is 19.5 Å². The molecule has 0 saturated carbocycles. The number of hydrogen-bond acceptors (Lipinski definition) is 6. The predicted octanol–water partition coefficient (Wildman–Crippen LogP) is 3.86. The maximum Gasteiger partial charge on any atom is 0.377 e. The molecule has 0 bridgehead atoms. The molecule has 1 N–H and O–H groups in total. The van der Waals surface area contributed by atoms with Gasteiger partial charge in [0, 0.05) is 14.8 Å². The van der Waals surface area contributed by atoms with E-state index in [1.165, 1.54) is 18.0 Å². The molecule has 0 unspecified atom stereocenters. The quantitative estimate of drug-likeness (QED) is 0.735. The summed E-state index contributed by atoms with van der Waals surface area (Å²) in [5.41, 5.74) is 0.620. The molecule has 0 fully saturated rings. The first-order valence-corrected chi connectivity index (χ1v) is 9.25. The standard InChI is InChI=1S/C19H16ClNO5S/c20-13-5-7-14(8-6-13)27-17-4-2-1-3-15(17)21-18(22)12-26-19(23)16-11-24-9-10-25-16/h1-8,11H,9-10,12H2,(H,21,22). The van der Waals surface area contributed by atoms with E-state index in [0.717, 1.165) is 9.79 Å². The monoisotopic (exact) mass is 405 g/mol. The largest absolute Gasteiger partial charge is 0.493 e. The van der Waals surface area contributed by atoms with Crippen molar-refractivity contribution in [2.75, 3.05) is 25.1 Å².